The fourth-order valence-corrected chi connectivity index (χ4v) is 2.07. The number of hydrogen-bond donors (Lipinski definition) is 2. The lowest BCUT2D eigenvalue weighted by molar-refractivity contribution is 0.559. The van der Waals surface area contributed by atoms with Crippen LogP contribution in [0, 0.1) is 0 Å². The molecule has 2 rings (SSSR count). The molecule has 1 aromatic carbocycles. The maximum absolute atomic E-state index is 12.0. The monoisotopic (exact) mass is 317 g/mol. The number of rotatable bonds is 5. The zero-order chi connectivity index (χ0) is 15.9. The van der Waals surface area contributed by atoms with E-state index in [2.05, 4.69) is 22.8 Å². The van der Waals surface area contributed by atoms with Gasteiger partial charge in [-0.3, -0.25) is 5.43 Å². The van der Waals surface area contributed by atoms with Gasteiger partial charge in [-0.05, 0) is 37.7 Å². The van der Waals surface area contributed by atoms with Crippen molar-refractivity contribution in [3.63, 3.8) is 0 Å². The van der Waals surface area contributed by atoms with Crippen molar-refractivity contribution in [2.75, 3.05) is 6.54 Å². The first-order chi connectivity index (χ1) is 10.6. The van der Waals surface area contributed by atoms with Crippen LogP contribution in [0.15, 0.2) is 44.6 Å². The van der Waals surface area contributed by atoms with Crippen molar-refractivity contribution in [2.24, 2.45) is 5.10 Å². The van der Waals surface area contributed by atoms with Crippen molar-refractivity contribution >= 4 is 34.0 Å². The van der Waals surface area contributed by atoms with Crippen molar-refractivity contribution in [2.45, 2.75) is 26.7 Å². The molecule has 0 aliphatic rings. The first kappa shape index (κ1) is 16.2. The summed E-state index contributed by atoms with van der Waals surface area (Å²) in [6.07, 6.45) is 2.13. The van der Waals surface area contributed by atoms with Gasteiger partial charge in [-0.1, -0.05) is 31.5 Å². The maximum atomic E-state index is 12.0. The average molecular weight is 317 g/mol. The molecule has 22 heavy (non-hydrogen) atoms. The predicted molar refractivity (Wildman–Crippen MR) is 93.3 cm³/mol. The largest absolute Gasteiger partial charge is 0.422 e. The molecule has 0 bridgehead atoms. The number of fused-ring (bicyclic) bond motifs is 1. The number of para-hydroxylation sites is 1. The Bertz CT molecular complexity index is 752. The van der Waals surface area contributed by atoms with Gasteiger partial charge in [-0.25, -0.2) is 4.79 Å². The van der Waals surface area contributed by atoms with Gasteiger partial charge in [0.25, 0.3) is 0 Å². The molecule has 1 heterocycles. The van der Waals surface area contributed by atoms with E-state index in [9.17, 15) is 4.79 Å². The van der Waals surface area contributed by atoms with Gasteiger partial charge < -0.3 is 9.73 Å². The molecule has 0 atom stereocenters. The van der Waals surface area contributed by atoms with Gasteiger partial charge in [0.05, 0.1) is 11.3 Å². The van der Waals surface area contributed by atoms with Crippen LogP contribution < -0.4 is 16.4 Å². The van der Waals surface area contributed by atoms with E-state index in [-0.39, 0.29) is 0 Å². The molecular weight excluding hydrogens is 298 g/mol. The van der Waals surface area contributed by atoms with E-state index in [1.807, 2.05) is 18.2 Å². The van der Waals surface area contributed by atoms with Crippen LogP contribution in [-0.4, -0.2) is 17.4 Å². The van der Waals surface area contributed by atoms with Gasteiger partial charge in [0, 0.05) is 11.9 Å². The Labute approximate surface area is 134 Å². The highest BCUT2D eigenvalue weighted by atomic mass is 32.1. The summed E-state index contributed by atoms with van der Waals surface area (Å²) in [5.41, 5.74) is 3.84. The second kappa shape index (κ2) is 7.70. The maximum Gasteiger partial charge on any atom is 0.345 e. The number of benzene rings is 1. The van der Waals surface area contributed by atoms with Crippen LogP contribution >= 0.6 is 12.2 Å². The van der Waals surface area contributed by atoms with Crippen molar-refractivity contribution in [3.05, 3.63) is 46.3 Å². The summed E-state index contributed by atoms with van der Waals surface area (Å²) in [5.74, 6) is 0. The van der Waals surface area contributed by atoms with Crippen molar-refractivity contribution in [1.29, 1.82) is 0 Å². The van der Waals surface area contributed by atoms with Crippen molar-refractivity contribution in [3.8, 4) is 0 Å². The van der Waals surface area contributed by atoms with E-state index in [4.69, 9.17) is 16.6 Å². The van der Waals surface area contributed by atoms with E-state index >= 15 is 0 Å². The summed E-state index contributed by atoms with van der Waals surface area (Å²) in [6.45, 7) is 4.65. The Morgan fingerprint density at radius 1 is 1.36 bits per heavy atom. The standard InChI is InChI=1S/C16H19N3O2S/c1-3-4-9-17-16(22)19-18-11(2)13-10-12-7-5-6-8-14(12)21-15(13)20/h5-8,10H,3-4,9H2,1-2H3,(H2,17,19,22)/b18-11-. The molecule has 0 saturated carbocycles. The topological polar surface area (TPSA) is 66.6 Å². The number of unbranched alkanes of at least 4 members (excludes halogenated alkanes) is 1. The average Bonchev–Trinajstić information content (AvgIpc) is 2.52. The second-order valence-electron chi connectivity index (χ2n) is 4.90. The number of hydrazone groups is 1. The molecular formula is C16H19N3O2S. The highest BCUT2D eigenvalue weighted by Gasteiger charge is 2.08. The van der Waals surface area contributed by atoms with Crippen LogP contribution in [0.1, 0.15) is 32.3 Å². The molecule has 2 N–H and O–H groups in total. The van der Waals surface area contributed by atoms with Gasteiger partial charge in [-0.15, -0.1) is 0 Å². The number of thiocarbonyl (C=S) groups is 1. The molecule has 0 spiro atoms. The van der Waals surface area contributed by atoms with E-state index in [1.54, 1.807) is 19.1 Å². The third kappa shape index (κ3) is 4.14. The van der Waals surface area contributed by atoms with Crippen LogP contribution in [0.2, 0.25) is 0 Å². The normalized spacial score (nSPS) is 11.5. The summed E-state index contributed by atoms with van der Waals surface area (Å²) in [7, 11) is 0. The predicted octanol–water partition coefficient (Wildman–Crippen LogP) is 2.78. The Morgan fingerprint density at radius 2 is 2.14 bits per heavy atom. The minimum absolute atomic E-state index is 0.411. The summed E-state index contributed by atoms with van der Waals surface area (Å²) >= 11 is 5.11. The molecule has 116 valence electrons. The first-order valence-electron chi connectivity index (χ1n) is 7.23. The molecule has 0 radical (unpaired) electrons. The SMILES string of the molecule is CCCCNC(=S)N/N=C(/C)c1cc2ccccc2oc1=O. The van der Waals surface area contributed by atoms with Gasteiger partial charge in [0.2, 0.25) is 0 Å². The van der Waals surface area contributed by atoms with Gasteiger partial charge in [-0.2, -0.15) is 5.10 Å². The lowest BCUT2D eigenvalue weighted by Gasteiger charge is -2.07. The Hall–Kier alpha value is -2.21. The lowest BCUT2D eigenvalue weighted by Crippen LogP contribution is -2.33. The van der Waals surface area contributed by atoms with Gasteiger partial charge in [0.15, 0.2) is 5.11 Å². The van der Waals surface area contributed by atoms with Crippen LogP contribution in [-0.2, 0) is 0 Å². The third-order valence-electron chi connectivity index (χ3n) is 3.17. The second-order valence-corrected chi connectivity index (χ2v) is 5.31. The lowest BCUT2D eigenvalue weighted by atomic mass is 10.1. The number of nitrogens with one attached hydrogen (secondary N) is 2. The highest BCUT2D eigenvalue weighted by molar-refractivity contribution is 7.80. The van der Waals surface area contributed by atoms with Crippen molar-refractivity contribution < 1.29 is 4.42 Å². The van der Waals surface area contributed by atoms with Gasteiger partial charge in [0.1, 0.15) is 5.58 Å². The molecule has 0 aliphatic heterocycles. The zero-order valence-electron chi connectivity index (χ0n) is 12.7. The number of hydrogen-bond acceptors (Lipinski definition) is 4. The third-order valence-corrected chi connectivity index (χ3v) is 3.41. The Kier molecular flexibility index (Phi) is 5.66. The van der Waals surface area contributed by atoms with E-state index < -0.39 is 5.63 Å². The molecule has 0 amide bonds. The molecule has 0 unspecified atom stereocenters. The molecule has 5 nitrogen and oxygen atoms in total. The molecule has 2 aromatic rings. The smallest absolute Gasteiger partial charge is 0.345 e. The summed E-state index contributed by atoms with van der Waals surface area (Å²) in [6, 6.07) is 9.14. The summed E-state index contributed by atoms with van der Waals surface area (Å²) in [5, 5.41) is 8.49. The van der Waals surface area contributed by atoms with Crippen LogP contribution in [0.3, 0.4) is 0 Å². The molecule has 0 aliphatic carbocycles. The van der Waals surface area contributed by atoms with Crippen LogP contribution in [0.25, 0.3) is 11.0 Å². The van der Waals surface area contributed by atoms with Gasteiger partial charge >= 0.3 is 5.63 Å². The fourth-order valence-electron chi connectivity index (χ4n) is 1.93. The molecule has 1 aromatic heterocycles. The molecule has 6 heteroatoms. The van der Waals surface area contributed by atoms with E-state index in [1.165, 1.54) is 0 Å². The van der Waals surface area contributed by atoms with Crippen LogP contribution in [0.5, 0.6) is 0 Å². The Balaban J connectivity index is 2.13. The van der Waals surface area contributed by atoms with E-state index in [0.717, 1.165) is 24.8 Å². The minimum atomic E-state index is -0.411. The fraction of sp³-hybridized carbons (Fsp3) is 0.312. The zero-order valence-corrected chi connectivity index (χ0v) is 13.5. The number of nitrogens with zero attached hydrogens (tertiary/aromatic N) is 1. The quantitative estimate of drug-likeness (QED) is 0.292. The van der Waals surface area contributed by atoms with E-state index in [0.29, 0.717) is 22.0 Å². The summed E-state index contributed by atoms with van der Waals surface area (Å²) < 4.78 is 5.29. The van der Waals surface area contributed by atoms with Crippen LogP contribution in [0.4, 0.5) is 0 Å². The van der Waals surface area contributed by atoms with Crippen molar-refractivity contribution in [1.82, 2.24) is 10.7 Å². The molecule has 0 saturated heterocycles. The Morgan fingerprint density at radius 3 is 2.91 bits per heavy atom. The minimum Gasteiger partial charge on any atom is -0.422 e. The molecule has 0 fully saturated rings. The first-order valence-corrected chi connectivity index (χ1v) is 7.64. The summed E-state index contributed by atoms with van der Waals surface area (Å²) in [4.78, 5) is 12.0. The highest BCUT2D eigenvalue weighted by Crippen LogP contribution is 2.12.